The van der Waals surface area contributed by atoms with E-state index in [-0.39, 0.29) is 5.60 Å². The van der Waals surface area contributed by atoms with E-state index < -0.39 is 0 Å². The van der Waals surface area contributed by atoms with E-state index in [9.17, 15) is 0 Å². The zero-order chi connectivity index (χ0) is 14.5. The maximum atomic E-state index is 6.01. The van der Waals surface area contributed by atoms with Crippen LogP contribution in [0.25, 0.3) is 10.9 Å². The van der Waals surface area contributed by atoms with Gasteiger partial charge in [0.05, 0.1) is 12.2 Å². The van der Waals surface area contributed by atoms with Gasteiger partial charge in [0.1, 0.15) is 0 Å². The Hall–Kier alpha value is -1.35. The highest BCUT2D eigenvalue weighted by molar-refractivity contribution is 5.82. The number of aromatic amines is 1. The third kappa shape index (κ3) is 2.28. The van der Waals surface area contributed by atoms with Gasteiger partial charge in [-0.1, -0.05) is 0 Å². The Kier molecular flexibility index (Phi) is 2.90. The zero-order valence-electron chi connectivity index (χ0n) is 13.0. The van der Waals surface area contributed by atoms with Gasteiger partial charge in [0.15, 0.2) is 0 Å². The van der Waals surface area contributed by atoms with Gasteiger partial charge < -0.3 is 9.72 Å². The maximum absolute atomic E-state index is 6.01. The average molecular weight is 284 g/mol. The van der Waals surface area contributed by atoms with Crippen molar-refractivity contribution in [3.8, 4) is 0 Å². The molecule has 0 radical (unpaired) electrons. The molecule has 21 heavy (non-hydrogen) atoms. The summed E-state index contributed by atoms with van der Waals surface area (Å²) in [6.07, 6.45) is 12.4. The number of rotatable bonds is 1. The zero-order valence-corrected chi connectivity index (χ0v) is 13.0. The van der Waals surface area contributed by atoms with E-state index in [1.807, 2.05) is 12.4 Å². The molecule has 0 atom stereocenters. The van der Waals surface area contributed by atoms with Crippen molar-refractivity contribution in [2.24, 2.45) is 5.41 Å². The van der Waals surface area contributed by atoms with Gasteiger partial charge in [-0.15, -0.1) is 0 Å². The van der Waals surface area contributed by atoms with Crippen LogP contribution in [0.3, 0.4) is 0 Å². The van der Waals surface area contributed by atoms with Gasteiger partial charge >= 0.3 is 0 Å². The number of aromatic nitrogens is 2. The Morgan fingerprint density at radius 3 is 2.81 bits per heavy atom. The third-order valence-electron chi connectivity index (χ3n) is 5.57. The topological polar surface area (TPSA) is 37.9 Å². The van der Waals surface area contributed by atoms with E-state index in [4.69, 9.17) is 4.74 Å². The molecule has 2 aromatic heterocycles. The highest BCUT2D eigenvalue weighted by Crippen LogP contribution is 2.52. The first-order valence-electron chi connectivity index (χ1n) is 8.12. The van der Waals surface area contributed by atoms with Crippen LogP contribution in [0, 0.1) is 5.41 Å². The van der Waals surface area contributed by atoms with Crippen LogP contribution < -0.4 is 0 Å². The van der Waals surface area contributed by atoms with Crippen molar-refractivity contribution in [3.05, 3.63) is 30.2 Å². The Balaban J connectivity index is 1.53. The van der Waals surface area contributed by atoms with Crippen molar-refractivity contribution in [3.63, 3.8) is 0 Å². The van der Waals surface area contributed by atoms with E-state index >= 15 is 0 Å². The van der Waals surface area contributed by atoms with Gasteiger partial charge in [0.2, 0.25) is 0 Å². The smallest absolute Gasteiger partial charge is 0.0632 e. The van der Waals surface area contributed by atoms with Gasteiger partial charge in [-0.05, 0) is 68.9 Å². The van der Waals surface area contributed by atoms with Crippen LogP contribution in [0.4, 0.5) is 0 Å². The fourth-order valence-electron chi connectivity index (χ4n) is 4.54. The number of ether oxygens (including phenoxy) is 1. The van der Waals surface area contributed by atoms with Crippen LogP contribution in [0.15, 0.2) is 24.7 Å². The standard InChI is InChI=1S/C18H24N2O/c1-17(2)11-18(12-21-17)6-3-13(4-7-18)14-10-20-16-5-8-19-9-15(14)16/h5,8-10,13,20H,3-4,6-7,11-12H2,1-2H3. The summed E-state index contributed by atoms with van der Waals surface area (Å²) in [6, 6.07) is 2.07. The van der Waals surface area contributed by atoms with Gasteiger partial charge in [-0.3, -0.25) is 4.98 Å². The van der Waals surface area contributed by atoms with E-state index in [1.165, 1.54) is 48.6 Å². The third-order valence-corrected chi connectivity index (χ3v) is 5.57. The predicted octanol–water partition coefficient (Wildman–Crippen LogP) is 4.41. The molecule has 3 heteroatoms. The molecule has 1 aliphatic carbocycles. The number of nitrogens with one attached hydrogen (secondary N) is 1. The van der Waals surface area contributed by atoms with Crippen LogP contribution in [-0.2, 0) is 4.74 Å². The lowest BCUT2D eigenvalue weighted by Crippen LogP contribution is -2.28. The normalized spacial score (nSPS) is 32.0. The van der Waals surface area contributed by atoms with Crippen LogP contribution in [0.5, 0.6) is 0 Å². The molecule has 2 aliphatic rings. The van der Waals surface area contributed by atoms with Crippen molar-refractivity contribution < 1.29 is 4.74 Å². The molecule has 1 saturated heterocycles. The van der Waals surface area contributed by atoms with Crippen molar-refractivity contribution >= 4 is 10.9 Å². The molecule has 1 N–H and O–H groups in total. The summed E-state index contributed by atoms with van der Waals surface area (Å²) in [5.41, 5.74) is 3.21. The average Bonchev–Trinajstić information content (AvgIpc) is 3.02. The van der Waals surface area contributed by atoms with E-state index in [0.29, 0.717) is 11.3 Å². The second-order valence-corrected chi connectivity index (χ2v) is 7.66. The summed E-state index contributed by atoms with van der Waals surface area (Å²) in [7, 11) is 0. The Bertz CT molecular complexity index is 650. The minimum atomic E-state index is 0.0809. The van der Waals surface area contributed by atoms with Crippen LogP contribution >= 0.6 is 0 Å². The Morgan fingerprint density at radius 2 is 2.10 bits per heavy atom. The molecule has 4 rings (SSSR count). The van der Waals surface area contributed by atoms with Crippen LogP contribution in [0.1, 0.15) is 57.4 Å². The Morgan fingerprint density at radius 1 is 1.29 bits per heavy atom. The summed E-state index contributed by atoms with van der Waals surface area (Å²) in [4.78, 5) is 7.69. The minimum Gasteiger partial charge on any atom is -0.375 e. The molecule has 1 aliphatic heterocycles. The molecule has 1 spiro atoms. The number of pyridine rings is 1. The van der Waals surface area contributed by atoms with Crippen LogP contribution in [0.2, 0.25) is 0 Å². The molecule has 112 valence electrons. The lowest BCUT2D eigenvalue weighted by Gasteiger charge is -2.36. The highest BCUT2D eigenvalue weighted by Gasteiger charge is 2.46. The second kappa shape index (κ2) is 4.57. The summed E-state index contributed by atoms with van der Waals surface area (Å²) in [6.45, 7) is 5.43. The molecule has 2 aromatic rings. The highest BCUT2D eigenvalue weighted by atomic mass is 16.5. The fraction of sp³-hybridized carbons (Fsp3) is 0.611. The van der Waals surface area contributed by atoms with Crippen molar-refractivity contribution in [2.75, 3.05) is 6.61 Å². The lowest BCUT2D eigenvalue weighted by molar-refractivity contribution is 0.0281. The number of nitrogens with zero attached hydrogens (tertiary/aromatic N) is 1. The SMILES string of the molecule is CC1(C)CC2(CCC(c3c[nH]c4ccncc34)CC2)CO1. The second-order valence-electron chi connectivity index (χ2n) is 7.66. The maximum Gasteiger partial charge on any atom is 0.0632 e. The van der Waals surface area contributed by atoms with Crippen LogP contribution in [-0.4, -0.2) is 22.2 Å². The predicted molar refractivity (Wildman–Crippen MR) is 84.4 cm³/mol. The molecule has 0 unspecified atom stereocenters. The molecule has 0 bridgehead atoms. The van der Waals surface area contributed by atoms with Gasteiger partial charge in [-0.2, -0.15) is 0 Å². The Labute approximate surface area is 126 Å². The summed E-state index contributed by atoms with van der Waals surface area (Å²) in [5, 5.41) is 1.31. The number of H-pyrrole nitrogens is 1. The van der Waals surface area contributed by atoms with E-state index in [0.717, 1.165) is 6.61 Å². The largest absolute Gasteiger partial charge is 0.375 e. The first kappa shape index (κ1) is 13.3. The van der Waals surface area contributed by atoms with E-state index in [2.05, 4.69) is 36.1 Å². The van der Waals surface area contributed by atoms with Gasteiger partial charge in [0, 0.05) is 29.5 Å². The monoisotopic (exact) mass is 284 g/mol. The fourth-order valence-corrected chi connectivity index (χ4v) is 4.54. The van der Waals surface area contributed by atoms with Crippen molar-refractivity contribution in [1.82, 2.24) is 9.97 Å². The quantitative estimate of drug-likeness (QED) is 0.842. The first-order chi connectivity index (χ1) is 10.1. The summed E-state index contributed by atoms with van der Waals surface area (Å²) >= 11 is 0. The molecule has 0 aromatic carbocycles. The summed E-state index contributed by atoms with van der Waals surface area (Å²) in [5.74, 6) is 0.678. The molecular formula is C18H24N2O. The van der Waals surface area contributed by atoms with Crippen molar-refractivity contribution in [2.45, 2.75) is 57.5 Å². The molecular weight excluding hydrogens is 260 g/mol. The lowest BCUT2D eigenvalue weighted by atomic mass is 9.67. The van der Waals surface area contributed by atoms with E-state index in [1.54, 1.807) is 0 Å². The number of fused-ring (bicyclic) bond motifs is 1. The number of hydrogen-bond acceptors (Lipinski definition) is 2. The molecule has 3 nitrogen and oxygen atoms in total. The molecule has 0 amide bonds. The van der Waals surface area contributed by atoms with Crippen molar-refractivity contribution in [1.29, 1.82) is 0 Å². The van der Waals surface area contributed by atoms with Gasteiger partial charge in [-0.25, -0.2) is 0 Å². The first-order valence-corrected chi connectivity index (χ1v) is 8.12. The number of hydrogen-bond donors (Lipinski definition) is 1. The molecule has 3 heterocycles. The molecule has 1 saturated carbocycles. The molecule has 2 fully saturated rings. The minimum absolute atomic E-state index is 0.0809. The van der Waals surface area contributed by atoms with Gasteiger partial charge in [0.25, 0.3) is 0 Å². The summed E-state index contributed by atoms with van der Waals surface area (Å²) < 4.78 is 6.01.